The van der Waals surface area contributed by atoms with Gasteiger partial charge in [-0.05, 0) is 49.1 Å². The summed E-state index contributed by atoms with van der Waals surface area (Å²) in [7, 11) is 1.71. The molecule has 2 fully saturated rings. The molecule has 0 atom stereocenters. The molecule has 2 aliphatic heterocycles. The summed E-state index contributed by atoms with van der Waals surface area (Å²) in [4.78, 5) is 9.97. The fraction of sp³-hybridized carbons (Fsp3) is 0.519. The van der Waals surface area contributed by atoms with Gasteiger partial charge in [-0.1, -0.05) is 31.4 Å². The second-order valence-corrected chi connectivity index (χ2v) is 9.22. The first-order chi connectivity index (χ1) is 15.8. The molecule has 0 bridgehead atoms. The highest BCUT2D eigenvalue weighted by atomic mass is 16.5. The molecule has 2 aromatic rings. The molecule has 1 aromatic heterocycles. The van der Waals surface area contributed by atoms with Gasteiger partial charge in [-0.25, -0.2) is 0 Å². The fourth-order valence-electron chi connectivity index (χ4n) is 5.47. The minimum Gasteiger partial charge on any atom is -0.497 e. The Hall–Kier alpha value is -2.37. The van der Waals surface area contributed by atoms with Crippen LogP contribution in [-0.2, 0) is 6.61 Å². The van der Waals surface area contributed by atoms with Crippen molar-refractivity contribution in [2.75, 3.05) is 39.8 Å². The largest absolute Gasteiger partial charge is 0.497 e. The topological polar surface area (TPSA) is 37.8 Å². The third-order valence-electron chi connectivity index (χ3n) is 7.31. The Morgan fingerprint density at radius 1 is 1.06 bits per heavy atom. The first kappa shape index (κ1) is 21.5. The molecule has 0 unspecified atom stereocenters. The number of ether oxygens (including phenoxy) is 2. The van der Waals surface area contributed by atoms with Crippen molar-refractivity contribution in [3.05, 3.63) is 59.4 Å². The zero-order valence-corrected chi connectivity index (χ0v) is 19.3. The lowest BCUT2D eigenvalue weighted by Gasteiger charge is -2.40. The number of aromatic nitrogens is 1. The van der Waals surface area contributed by atoms with Crippen molar-refractivity contribution in [1.82, 2.24) is 14.8 Å². The summed E-state index contributed by atoms with van der Waals surface area (Å²) < 4.78 is 11.6. The van der Waals surface area contributed by atoms with Crippen molar-refractivity contribution in [2.45, 2.75) is 51.2 Å². The van der Waals surface area contributed by atoms with Crippen molar-refractivity contribution in [3.8, 4) is 11.5 Å². The van der Waals surface area contributed by atoms with Crippen LogP contribution in [0.25, 0.3) is 5.57 Å². The second-order valence-electron chi connectivity index (χ2n) is 9.22. The Labute approximate surface area is 192 Å². The number of hydrogen-bond donors (Lipinski definition) is 0. The second kappa shape index (κ2) is 10.1. The predicted molar refractivity (Wildman–Crippen MR) is 128 cm³/mol. The number of fused-ring (bicyclic) bond motifs is 2. The molecule has 0 spiro atoms. The van der Waals surface area contributed by atoms with Crippen LogP contribution < -0.4 is 9.47 Å². The molecule has 1 aliphatic carbocycles. The van der Waals surface area contributed by atoms with Crippen LogP contribution in [0.3, 0.4) is 0 Å². The van der Waals surface area contributed by atoms with Gasteiger partial charge in [0.25, 0.3) is 0 Å². The zero-order valence-electron chi connectivity index (χ0n) is 19.3. The van der Waals surface area contributed by atoms with E-state index in [1.54, 1.807) is 7.11 Å². The fourth-order valence-corrected chi connectivity index (χ4v) is 5.47. The summed E-state index contributed by atoms with van der Waals surface area (Å²) in [6.45, 7) is 6.41. The lowest BCUT2D eigenvalue weighted by molar-refractivity contribution is 0.0799. The molecule has 0 N–H and O–H groups in total. The maximum absolute atomic E-state index is 6.10. The molecule has 5 nitrogen and oxygen atoms in total. The Kier molecular flexibility index (Phi) is 6.75. The average molecular weight is 434 g/mol. The van der Waals surface area contributed by atoms with Crippen LogP contribution >= 0.6 is 0 Å². The van der Waals surface area contributed by atoms with Crippen LogP contribution in [0.15, 0.2) is 42.6 Å². The van der Waals surface area contributed by atoms with Gasteiger partial charge in [0.05, 0.1) is 12.8 Å². The lowest BCUT2D eigenvalue weighted by Crippen LogP contribution is -2.50. The number of nitrogens with zero attached hydrogens (tertiary/aromatic N) is 3. The van der Waals surface area contributed by atoms with Crippen molar-refractivity contribution >= 4 is 5.57 Å². The maximum atomic E-state index is 6.10. The van der Waals surface area contributed by atoms with E-state index in [9.17, 15) is 0 Å². The summed E-state index contributed by atoms with van der Waals surface area (Å²) in [6, 6.07) is 11.1. The SMILES string of the molecule is COc1ccc2c(c1)C(=CCCN1CCN(C3CCCCC3)CC1)c1cccnc1CO2. The van der Waals surface area contributed by atoms with E-state index in [2.05, 4.69) is 33.0 Å². The molecule has 0 amide bonds. The first-order valence-corrected chi connectivity index (χ1v) is 12.2. The molecule has 3 aliphatic rings. The van der Waals surface area contributed by atoms with Gasteiger partial charge in [-0.2, -0.15) is 0 Å². The summed E-state index contributed by atoms with van der Waals surface area (Å²) in [5.41, 5.74) is 4.47. The third kappa shape index (κ3) is 4.69. The Balaban J connectivity index is 1.28. The normalized spacial score (nSPS) is 21.5. The number of piperazine rings is 1. The zero-order chi connectivity index (χ0) is 21.8. The van der Waals surface area contributed by atoms with Crippen LogP contribution in [0.2, 0.25) is 0 Å². The number of methoxy groups -OCH3 is 1. The molecule has 5 rings (SSSR count). The smallest absolute Gasteiger partial charge is 0.131 e. The Bertz CT molecular complexity index is 944. The number of hydrogen-bond acceptors (Lipinski definition) is 5. The summed E-state index contributed by atoms with van der Waals surface area (Å²) in [5, 5.41) is 0. The van der Waals surface area contributed by atoms with E-state index in [0.717, 1.165) is 41.8 Å². The Morgan fingerprint density at radius 3 is 2.72 bits per heavy atom. The van der Waals surface area contributed by atoms with Gasteiger partial charge in [0, 0.05) is 56.1 Å². The minimum absolute atomic E-state index is 0.496. The van der Waals surface area contributed by atoms with Gasteiger partial charge in [0.1, 0.15) is 18.1 Å². The molecule has 3 heterocycles. The highest BCUT2D eigenvalue weighted by molar-refractivity contribution is 5.85. The van der Waals surface area contributed by atoms with Gasteiger partial charge in [-0.15, -0.1) is 0 Å². The molecule has 32 heavy (non-hydrogen) atoms. The number of benzene rings is 1. The summed E-state index contributed by atoms with van der Waals surface area (Å²) in [5.74, 6) is 1.75. The predicted octanol–water partition coefficient (Wildman–Crippen LogP) is 4.75. The maximum Gasteiger partial charge on any atom is 0.131 e. The van der Waals surface area contributed by atoms with Gasteiger partial charge in [0.2, 0.25) is 0 Å². The van der Waals surface area contributed by atoms with E-state index >= 15 is 0 Å². The van der Waals surface area contributed by atoms with Gasteiger partial charge >= 0.3 is 0 Å². The van der Waals surface area contributed by atoms with Crippen molar-refractivity contribution in [2.24, 2.45) is 0 Å². The van der Waals surface area contributed by atoms with Gasteiger partial charge in [0.15, 0.2) is 0 Å². The quantitative estimate of drug-likeness (QED) is 0.680. The standard InChI is InChI=1S/C27H35N3O2/c1-31-22-11-12-27-25(19-22)23(24-9-5-13-28-26(24)20-32-27)10-6-14-29-15-17-30(18-16-29)21-7-3-2-4-8-21/h5,9-13,19,21H,2-4,6-8,14-18,20H2,1H3. The van der Waals surface area contributed by atoms with E-state index in [1.165, 1.54) is 69.4 Å². The molecule has 1 saturated carbocycles. The van der Waals surface area contributed by atoms with E-state index < -0.39 is 0 Å². The van der Waals surface area contributed by atoms with Gasteiger partial charge in [-0.3, -0.25) is 9.88 Å². The molecular weight excluding hydrogens is 398 g/mol. The third-order valence-corrected chi connectivity index (χ3v) is 7.31. The van der Waals surface area contributed by atoms with Crippen LogP contribution in [0.4, 0.5) is 0 Å². The van der Waals surface area contributed by atoms with Gasteiger partial charge < -0.3 is 14.4 Å². The molecule has 0 radical (unpaired) electrons. The van der Waals surface area contributed by atoms with E-state index in [4.69, 9.17) is 9.47 Å². The van der Waals surface area contributed by atoms with E-state index in [0.29, 0.717) is 6.61 Å². The van der Waals surface area contributed by atoms with Crippen molar-refractivity contribution in [3.63, 3.8) is 0 Å². The number of pyridine rings is 1. The molecule has 5 heteroatoms. The van der Waals surface area contributed by atoms with Crippen molar-refractivity contribution in [1.29, 1.82) is 0 Å². The molecule has 170 valence electrons. The molecule has 1 aromatic carbocycles. The lowest BCUT2D eigenvalue weighted by atomic mass is 9.94. The van der Waals surface area contributed by atoms with Crippen molar-refractivity contribution < 1.29 is 9.47 Å². The molecular formula is C27H35N3O2. The highest BCUT2D eigenvalue weighted by Crippen LogP contribution is 2.38. The molecule has 1 saturated heterocycles. The van der Waals surface area contributed by atoms with Crippen LogP contribution in [0.1, 0.15) is 55.3 Å². The first-order valence-electron chi connectivity index (χ1n) is 12.2. The van der Waals surface area contributed by atoms with Crippen LogP contribution in [0.5, 0.6) is 11.5 Å². The van der Waals surface area contributed by atoms with E-state index in [-0.39, 0.29) is 0 Å². The highest BCUT2D eigenvalue weighted by Gasteiger charge is 2.25. The minimum atomic E-state index is 0.496. The van der Waals surface area contributed by atoms with E-state index in [1.807, 2.05) is 24.4 Å². The number of rotatable bonds is 5. The summed E-state index contributed by atoms with van der Waals surface area (Å²) in [6.07, 6.45) is 12.3. The summed E-state index contributed by atoms with van der Waals surface area (Å²) >= 11 is 0. The Morgan fingerprint density at radius 2 is 1.91 bits per heavy atom. The average Bonchev–Trinajstić information content (AvgIpc) is 3.01. The monoisotopic (exact) mass is 433 g/mol. The van der Waals surface area contributed by atoms with Crippen LogP contribution in [-0.4, -0.2) is 60.7 Å². The van der Waals surface area contributed by atoms with Crippen LogP contribution in [0, 0.1) is 0 Å².